The molecule has 2 nitrogen and oxygen atoms in total. The molecule has 0 amide bonds. The molecule has 1 aromatic carbocycles. The van der Waals surface area contributed by atoms with Crippen molar-refractivity contribution in [3.63, 3.8) is 0 Å². The van der Waals surface area contributed by atoms with Gasteiger partial charge in [0.05, 0.1) is 6.61 Å². The lowest BCUT2D eigenvalue weighted by molar-refractivity contribution is 0.0977. The van der Waals surface area contributed by atoms with Gasteiger partial charge in [0, 0.05) is 12.1 Å². The molecule has 1 aromatic rings. The normalized spacial score (nSPS) is 32.7. The Morgan fingerprint density at radius 1 is 1.24 bits per heavy atom. The summed E-state index contributed by atoms with van der Waals surface area (Å²) >= 11 is 0. The molecule has 0 aliphatic heterocycles. The first-order valence-corrected chi connectivity index (χ1v) is 8.66. The zero-order valence-electron chi connectivity index (χ0n) is 13.3. The van der Waals surface area contributed by atoms with E-state index in [0.29, 0.717) is 5.92 Å². The topological polar surface area (TPSA) is 32.3 Å². The molecule has 2 aliphatic carbocycles. The molecule has 0 radical (unpaired) electrons. The molecule has 0 heterocycles. The van der Waals surface area contributed by atoms with Crippen molar-refractivity contribution >= 4 is 0 Å². The van der Waals surface area contributed by atoms with Gasteiger partial charge in [-0.05, 0) is 55.1 Å². The minimum absolute atomic E-state index is 0.0238. The third kappa shape index (κ3) is 3.32. The van der Waals surface area contributed by atoms with E-state index in [1.165, 1.54) is 43.2 Å². The predicted molar refractivity (Wildman–Crippen MR) is 87.6 cm³/mol. The summed E-state index contributed by atoms with van der Waals surface area (Å²) in [6.45, 7) is 3.62. The van der Waals surface area contributed by atoms with Crippen molar-refractivity contribution in [3.05, 3.63) is 35.4 Å². The quantitative estimate of drug-likeness (QED) is 0.886. The number of benzene rings is 1. The summed E-state index contributed by atoms with van der Waals surface area (Å²) in [5, 5.41) is 13.7. The van der Waals surface area contributed by atoms with Crippen LogP contribution < -0.4 is 5.32 Å². The number of hydrogen-bond acceptors (Lipinski definition) is 2. The first kappa shape index (κ1) is 15.1. The van der Waals surface area contributed by atoms with Crippen LogP contribution >= 0.6 is 0 Å². The number of hydrogen-bond donors (Lipinski definition) is 2. The molecule has 2 aliphatic rings. The van der Waals surface area contributed by atoms with Crippen LogP contribution in [-0.2, 0) is 6.42 Å². The first-order chi connectivity index (χ1) is 10.2. The minimum Gasteiger partial charge on any atom is -0.394 e. The van der Waals surface area contributed by atoms with Gasteiger partial charge < -0.3 is 10.4 Å². The van der Waals surface area contributed by atoms with E-state index in [0.717, 1.165) is 25.3 Å². The van der Waals surface area contributed by atoms with Crippen molar-refractivity contribution in [2.45, 2.75) is 63.3 Å². The molecule has 3 atom stereocenters. The fraction of sp³-hybridized carbons (Fsp3) is 0.684. The van der Waals surface area contributed by atoms with E-state index in [-0.39, 0.29) is 12.1 Å². The van der Waals surface area contributed by atoms with Crippen molar-refractivity contribution in [2.24, 2.45) is 5.92 Å². The molecule has 0 aromatic heterocycles. The Morgan fingerprint density at radius 3 is 2.90 bits per heavy atom. The second-order valence-electron chi connectivity index (χ2n) is 7.31. The van der Waals surface area contributed by atoms with Gasteiger partial charge in [0.1, 0.15) is 0 Å². The van der Waals surface area contributed by atoms with Gasteiger partial charge in [-0.3, -0.25) is 0 Å². The van der Waals surface area contributed by atoms with Crippen molar-refractivity contribution in [3.8, 4) is 0 Å². The van der Waals surface area contributed by atoms with E-state index >= 15 is 0 Å². The average molecular weight is 287 g/mol. The molecule has 0 spiro atoms. The third-order valence-electron chi connectivity index (χ3n) is 5.61. The zero-order chi connectivity index (χ0) is 14.7. The van der Waals surface area contributed by atoms with Crippen LogP contribution in [0.5, 0.6) is 0 Å². The highest BCUT2D eigenvalue weighted by Gasteiger charge is 2.34. The van der Waals surface area contributed by atoms with E-state index in [9.17, 15) is 5.11 Å². The number of aryl methyl sites for hydroxylation is 1. The van der Waals surface area contributed by atoms with Crippen LogP contribution in [0.3, 0.4) is 0 Å². The van der Waals surface area contributed by atoms with Gasteiger partial charge in [0.15, 0.2) is 0 Å². The SMILES string of the molecule is CC1CCCC(CO)(NCC2CCCc3ccccc32)C1. The highest BCUT2D eigenvalue weighted by atomic mass is 16.3. The van der Waals surface area contributed by atoms with E-state index in [2.05, 4.69) is 36.5 Å². The van der Waals surface area contributed by atoms with Gasteiger partial charge in [0.2, 0.25) is 0 Å². The molecule has 1 fully saturated rings. The molecule has 0 saturated heterocycles. The second-order valence-corrected chi connectivity index (χ2v) is 7.31. The Bertz CT molecular complexity index is 472. The lowest BCUT2D eigenvalue weighted by atomic mass is 9.76. The standard InChI is InChI=1S/C19H29NO/c1-15-6-5-11-19(12-15,14-21)20-13-17-9-4-8-16-7-2-3-10-18(16)17/h2-3,7,10,15,17,20-21H,4-6,8-9,11-14H2,1H3. The maximum Gasteiger partial charge on any atom is 0.0613 e. The molecular weight excluding hydrogens is 258 g/mol. The number of aliphatic hydroxyl groups is 1. The van der Waals surface area contributed by atoms with Crippen LogP contribution in [0.4, 0.5) is 0 Å². The summed E-state index contributed by atoms with van der Waals surface area (Å²) < 4.78 is 0. The van der Waals surface area contributed by atoms with Crippen LogP contribution in [0, 0.1) is 5.92 Å². The third-order valence-corrected chi connectivity index (χ3v) is 5.61. The Morgan fingerprint density at radius 2 is 2.10 bits per heavy atom. The van der Waals surface area contributed by atoms with Gasteiger partial charge in [-0.15, -0.1) is 0 Å². The Hall–Kier alpha value is -0.860. The van der Waals surface area contributed by atoms with E-state index in [1.807, 2.05) is 0 Å². The summed E-state index contributed by atoms with van der Waals surface area (Å²) in [5.74, 6) is 1.35. The smallest absolute Gasteiger partial charge is 0.0613 e. The van der Waals surface area contributed by atoms with Crippen LogP contribution in [0.2, 0.25) is 0 Å². The largest absolute Gasteiger partial charge is 0.394 e. The molecule has 2 N–H and O–H groups in total. The molecule has 0 bridgehead atoms. The van der Waals surface area contributed by atoms with Crippen LogP contribution in [-0.4, -0.2) is 23.8 Å². The summed E-state index contributed by atoms with van der Waals surface area (Å²) in [6.07, 6.45) is 8.62. The Kier molecular flexibility index (Phi) is 4.66. The molecule has 116 valence electrons. The van der Waals surface area contributed by atoms with Crippen LogP contribution in [0.25, 0.3) is 0 Å². The highest BCUT2D eigenvalue weighted by Crippen LogP contribution is 2.35. The number of aliphatic hydroxyl groups excluding tert-OH is 1. The summed E-state index contributed by atoms with van der Waals surface area (Å²) in [7, 11) is 0. The van der Waals surface area contributed by atoms with Gasteiger partial charge in [-0.2, -0.15) is 0 Å². The second kappa shape index (κ2) is 6.50. The zero-order valence-corrected chi connectivity index (χ0v) is 13.3. The fourth-order valence-electron chi connectivity index (χ4n) is 4.43. The van der Waals surface area contributed by atoms with Gasteiger partial charge >= 0.3 is 0 Å². The number of nitrogens with one attached hydrogen (secondary N) is 1. The minimum atomic E-state index is -0.0238. The highest BCUT2D eigenvalue weighted by molar-refractivity contribution is 5.32. The molecule has 1 saturated carbocycles. The van der Waals surface area contributed by atoms with Gasteiger partial charge in [0.25, 0.3) is 0 Å². The van der Waals surface area contributed by atoms with E-state index < -0.39 is 0 Å². The van der Waals surface area contributed by atoms with Crippen molar-refractivity contribution in [1.82, 2.24) is 5.32 Å². The molecule has 3 rings (SSSR count). The lowest BCUT2D eigenvalue weighted by Gasteiger charge is -2.41. The maximum atomic E-state index is 9.92. The van der Waals surface area contributed by atoms with Crippen LogP contribution in [0.1, 0.15) is 62.5 Å². The Balaban J connectivity index is 1.67. The summed E-state index contributed by atoms with van der Waals surface area (Å²) in [6, 6.07) is 8.91. The van der Waals surface area contributed by atoms with E-state index in [4.69, 9.17) is 0 Å². The monoisotopic (exact) mass is 287 g/mol. The van der Waals surface area contributed by atoms with Crippen molar-refractivity contribution < 1.29 is 5.11 Å². The number of fused-ring (bicyclic) bond motifs is 1. The van der Waals surface area contributed by atoms with Gasteiger partial charge in [-0.25, -0.2) is 0 Å². The van der Waals surface area contributed by atoms with Gasteiger partial charge in [-0.1, -0.05) is 44.0 Å². The maximum absolute atomic E-state index is 9.92. The fourth-order valence-corrected chi connectivity index (χ4v) is 4.43. The average Bonchev–Trinajstić information content (AvgIpc) is 2.53. The molecule has 2 heteroatoms. The lowest BCUT2D eigenvalue weighted by Crippen LogP contribution is -2.52. The van der Waals surface area contributed by atoms with Crippen LogP contribution in [0.15, 0.2) is 24.3 Å². The molecule has 3 unspecified atom stereocenters. The first-order valence-electron chi connectivity index (χ1n) is 8.66. The molecular formula is C19H29NO. The number of rotatable bonds is 4. The molecule has 21 heavy (non-hydrogen) atoms. The predicted octanol–water partition coefficient (Wildman–Crippen LogP) is 3.64. The summed E-state index contributed by atoms with van der Waals surface area (Å²) in [5.41, 5.74) is 3.04. The summed E-state index contributed by atoms with van der Waals surface area (Å²) in [4.78, 5) is 0. The van der Waals surface area contributed by atoms with Crippen molar-refractivity contribution in [1.29, 1.82) is 0 Å². The van der Waals surface area contributed by atoms with E-state index in [1.54, 1.807) is 0 Å². The Labute approximate surface area is 129 Å². The van der Waals surface area contributed by atoms with Crippen molar-refractivity contribution in [2.75, 3.05) is 13.2 Å².